The van der Waals surface area contributed by atoms with Crippen molar-refractivity contribution in [1.29, 1.82) is 0 Å². The summed E-state index contributed by atoms with van der Waals surface area (Å²) >= 11 is 5.90. The topological polar surface area (TPSA) is 49.8 Å². The van der Waals surface area contributed by atoms with E-state index in [-0.39, 0.29) is 0 Å². The molecular formula is C18H17ClN4. The Hall–Kier alpha value is -2.59. The zero-order chi connectivity index (χ0) is 16.1. The molecule has 3 aromatic rings. The van der Waals surface area contributed by atoms with Crippen LogP contribution in [0.15, 0.2) is 60.7 Å². The van der Waals surface area contributed by atoms with Crippen LogP contribution in [0.4, 0.5) is 17.3 Å². The summed E-state index contributed by atoms with van der Waals surface area (Å²) in [4.78, 5) is 8.84. The summed E-state index contributed by atoms with van der Waals surface area (Å²) in [5.41, 5.74) is 2.14. The summed E-state index contributed by atoms with van der Waals surface area (Å²) in [7, 11) is 0. The second kappa shape index (κ2) is 7.11. The van der Waals surface area contributed by atoms with Crippen LogP contribution >= 0.6 is 11.6 Å². The Morgan fingerprint density at radius 1 is 0.913 bits per heavy atom. The molecule has 1 aromatic heterocycles. The van der Waals surface area contributed by atoms with Gasteiger partial charge in [0.1, 0.15) is 17.5 Å². The van der Waals surface area contributed by atoms with Crippen LogP contribution in [0.1, 0.15) is 11.4 Å². The normalized spacial score (nSPS) is 10.3. The molecule has 0 unspecified atom stereocenters. The van der Waals surface area contributed by atoms with Crippen molar-refractivity contribution in [2.45, 2.75) is 13.5 Å². The molecule has 0 saturated heterocycles. The number of nitrogens with zero attached hydrogens (tertiary/aromatic N) is 2. The maximum atomic E-state index is 5.90. The first kappa shape index (κ1) is 15.3. The van der Waals surface area contributed by atoms with Crippen LogP contribution in [0.3, 0.4) is 0 Å². The average Bonchev–Trinajstić information content (AvgIpc) is 2.55. The van der Waals surface area contributed by atoms with Gasteiger partial charge in [0, 0.05) is 23.3 Å². The van der Waals surface area contributed by atoms with Crippen molar-refractivity contribution in [2.24, 2.45) is 0 Å². The van der Waals surface area contributed by atoms with Crippen molar-refractivity contribution in [3.05, 3.63) is 77.1 Å². The number of hydrogen-bond donors (Lipinski definition) is 2. The summed E-state index contributed by atoms with van der Waals surface area (Å²) in [6, 6.07) is 19.6. The minimum atomic E-state index is 0.679. The van der Waals surface area contributed by atoms with Gasteiger partial charge in [0.2, 0.25) is 0 Å². The Kier molecular flexibility index (Phi) is 4.74. The maximum Gasteiger partial charge on any atom is 0.136 e. The number of halogens is 1. The molecule has 1 heterocycles. The number of hydrogen-bond acceptors (Lipinski definition) is 4. The van der Waals surface area contributed by atoms with Crippen LogP contribution in [-0.2, 0) is 6.54 Å². The molecule has 116 valence electrons. The monoisotopic (exact) mass is 324 g/mol. The second-order valence-electron chi connectivity index (χ2n) is 5.16. The van der Waals surface area contributed by atoms with Crippen LogP contribution in [0.2, 0.25) is 5.02 Å². The fraction of sp³-hybridized carbons (Fsp3) is 0.111. The number of nitrogens with one attached hydrogen (secondary N) is 2. The first-order valence-corrected chi connectivity index (χ1v) is 7.73. The molecular weight excluding hydrogens is 308 g/mol. The Morgan fingerprint density at radius 3 is 2.35 bits per heavy atom. The second-order valence-corrected chi connectivity index (χ2v) is 5.59. The van der Waals surface area contributed by atoms with Gasteiger partial charge in [-0.2, -0.15) is 0 Å². The van der Waals surface area contributed by atoms with Gasteiger partial charge in [0.15, 0.2) is 0 Å². The van der Waals surface area contributed by atoms with Crippen molar-refractivity contribution in [2.75, 3.05) is 10.6 Å². The average molecular weight is 325 g/mol. The van der Waals surface area contributed by atoms with E-state index in [4.69, 9.17) is 11.6 Å². The number of para-hydroxylation sites is 1. The molecule has 4 nitrogen and oxygen atoms in total. The van der Waals surface area contributed by atoms with E-state index in [1.165, 1.54) is 0 Å². The predicted molar refractivity (Wildman–Crippen MR) is 95.3 cm³/mol. The molecule has 0 bridgehead atoms. The van der Waals surface area contributed by atoms with Crippen LogP contribution in [0.25, 0.3) is 0 Å². The lowest BCUT2D eigenvalue weighted by Crippen LogP contribution is -2.05. The molecule has 0 aliphatic rings. The molecule has 0 spiro atoms. The molecule has 2 aromatic carbocycles. The fourth-order valence-corrected chi connectivity index (χ4v) is 2.31. The van der Waals surface area contributed by atoms with Crippen LogP contribution in [0, 0.1) is 6.92 Å². The number of aromatic nitrogens is 2. The molecule has 2 N–H and O–H groups in total. The van der Waals surface area contributed by atoms with Gasteiger partial charge < -0.3 is 10.6 Å². The van der Waals surface area contributed by atoms with E-state index in [9.17, 15) is 0 Å². The fourth-order valence-electron chi connectivity index (χ4n) is 2.19. The zero-order valence-electron chi connectivity index (χ0n) is 12.8. The third-order valence-electron chi connectivity index (χ3n) is 3.27. The van der Waals surface area contributed by atoms with Gasteiger partial charge >= 0.3 is 0 Å². The standard InChI is InChI=1S/C18H17ClN4/c1-13-21-17(20-12-14-7-9-15(19)10-8-14)11-18(22-13)23-16-5-3-2-4-6-16/h2-11H,12H2,1H3,(H2,20,21,22,23). The molecule has 0 radical (unpaired) electrons. The van der Waals surface area contributed by atoms with Crippen molar-refractivity contribution >= 4 is 28.9 Å². The van der Waals surface area contributed by atoms with Crippen LogP contribution in [-0.4, -0.2) is 9.97 Å². The summed E-state index contributed by atoms with van der Waals surface area (Å²) in [6.45, 7) is 2.56. The SMILES string of the molecule is Cc1nc(NCc2ccc(Cl)cc2)cc(Nc2ccccc2)n1. The van der Waals surface area contributed by atoms with Crippen molar-refractivity contribution in [1.82, 2.24) is 9.97 Å². The molecule has 0 amide bonds. The minimum absolute atomic E-state index is 0.679. The van der Waals surface area contributed by atoms with Crippen LogP contribution < -0.4 is 10.6 Å². The third kappa shape index (κ3) is 4.44. The van der Waals surface area contributed by atoms with Crippen molar-refractivity contribution < 1.29 is 0 Å². The largest absolute Gasteiger partial charge is 0.366 e. The number of rotatable bonds is 5. The highest BCUT2D eigenvalue weighted by Crippen LogP contribution is 2.18. The minimum Gasteiger partial charge on any atom is -0.366 e. The van der Waals surface area contributed by atoms with E-state index in [0.29, 0.717) is 12.4 Å². The molecule has 0 aliphatic heterocycles. The van der Waals surface area contributed by atoms with E-state index in [2.05, 4.69) is 20.6 Å². The Labute approximate surface area is 140 Å². The number of benzene rings is 2. The molecule has 5 heteroatoms. The molecule has 3 rings (SSSR count). The summed E-state index contributed by atoms with van der Waals surface area (Å²) in [6.07, 6.45) is 0. The lowest BCUT2D eigenvalue weighted by Gasteiger charge is -2.10. The van der Waals surface area contributed by atoms with E-state index in [1.807, 2.05) is 67.6 Å². The smallest absolute Gasteiger partial charge is 0.136 e. The van der Waals surface area contributed by atoms with E-state index in [0.717, 1.165) is 27.9 Å². The van der Waals surface area contributed by atoms with Gasteiger partial charge in [-0.05, 0) is 36.8 Å². The lowest BCUT2D eigenvalue weighted by atomic mass is 10.2. The van der Waals surface area contributed by atoms with Gasteiger partial charge in [-0.1, -0.05) is 41.9 Å². The molecule has 0 saturated carbocycles. The van der Waals surface area contributed by atoms with Gasteiger partial charge in [-0.25, -0.2) is 9.97 Å². The van der Waals surface area contributed by atoms with E-state index < -0.39 is 0 Å². The quantitative estimate of drug-likeness (QED) is 0.708. The Bertz CT molecular complexity index is 773. The lowest BCUT2D eigenvalue weighted by molar-refractivity contribution is 1.03. The highest BCUT2D eigenvalue weighted by molar-refractivity contribution is 6.30. The summed E-state index contributed by atoms with van der Waals surface area (Å²) in [5, 5.41) is 7.33. The van der Waals surface area contributed by atoms with E-state index >= 15 is 0 Å². The third-order valence-corrected chi connectivity index (χ3v) is 3.52. The number of anilines is 3. The molecule has 0 fully saturated rings. The van der Waals surface area contributed by atoms with Crippen molar-refractivity contribution in [3.8, 4) is 0 Å². The summed E-state index contributed by atoms with van der Waals surface area (Å²) < 4.78 is 0. The van der Waals surface area contributed by atoms with Gasteiger partial charge in [0.25, 0.3) is 0 Å². The Morgan fingerprint density at radius 2 is 1.61 bits per heavy atom. The maximum absolute atomic E-state index is 5.90. The Balaban J connectivity index is 1.71. The zero-order valence-corrected chi connectivity index (χ0v) is 13.5. The van der Waals surface area contributed by atoms with Gasteiger partial charge in [-0.3, -0.25) is 0 Å². The van der Waals surface area contributed by atoms with E-state index in [1.54, 1.807) is 0 Å². The number of aryl methyl sites for hydroxylation is 1. The molecule has 23 heavy (non-hydrogen) atoms. The highest BCUT2D eigenvalue weighted by Gasteiger charge is 2.03. The molecule has 0 atom stereocenters. The van der Waals surface area contributed by atoms with Gasteiger partial charge in [-0.15, -0.1) is 0 Å². The predicted octanol–water partition coefficient (Wildman–Crippen LogP) is 4.79. The highest BCUT2D eigenvalue weighted by atomic mass is 35.5. The summed E-state index contributed by atoms with van der Waals surface area (Å²) in [5.74, 6) is 2.26. The first-order chi connectivity index (χ1) is 11.2. The van der Waals surface area contributed by atoms with Crippen LogP contribution in [0.5, 0.6) is 0 Å². The first-order valence-electron chi connectivity index (χ1n) is 7.35. The molecule has 0 aliphatic carbocycles. The van der Waals surface area contributed by atoms with Gasteiger partial charge in [0.05, 0.1) is 0 Å². The van der Waals surface area contributed by atoms with Crippen molar-refractivity contribution in [3.63, 3.8) is 0 Å².